The van der Waals surface area contributed by atoms with E-state index < -0.39 is 0 Å². The van der Waals surface area contributed by atoms with Crippen molar-refractivity contribution in [2.75, 3.05) is 0 Å². The number of benzene rings is 1. The molecule has 7 heteroatoms. The van der Waals surface area contributed by atoms with Crippen molar-refractivity contribution in [3.8, 4) is 5.88 Å². The molecule has 106 valence electrons. The molecule has 0 saturated heterocycles. The summed E-state index contributed by atoms with van der Waals surface area (Å²) in [5.41, 5.74) is 2.35. The van der Waals surface area contributed by atoms with Crippen molar-refractivity contribution in [2.45, 2.75) is 20.0 Å². The Bertz CT molecular complexity index is 615. The van der Waals surface area contributed by atoms with Crippen molar-refractivity contribution < 1.29 is 9.53 Å². The molecule has 0 atom stereocenters. The number of aryl methyl sites for hydroxylation is 1. The van der Waals surface area contributed by atoms with E-state index in [9.17, 15) is 4.79 Å². The zero-order chi connectivity index (χ0) is 14.5. The van der Waals surface area contributed by atoms with Gasteiger partial charge in [0.15, 0.2) is 0 Å². The van der Waals surface area contributed by atoms with E-state index in [0.29, 0.717) is 11.4 Å². The number of halogens is 1. The number of aromatic nitrogens is 2. The Morgan fingerprint density at radius 2 is 2.30 bits per heavy atom. The second-order valence-corrected chi connectivity index (χ2v) is 4.68. The number of hydrogen-bond acceptors (Lipinski definition) is 4. The predicted molar refractivity (Wildman–Crippen MR) is 80.1 cm³/mol. The van der Waals surface area contributed by atoms with Crippen molar-refractivity contribution in [3.63, 3.8) is 0 Å². The monoisotopic (exact) mass is 311 g/mol. The molecule has 0 aliphatic rings. The van der Waals surface area contributed by atoms with Gasteiger partial charge in [-0.1, -0.05) is 19.1 Å². The number of nitrogens with one attached hydrogen (secondary N) is 1. The van der Waals surface area contributed by atoms with Gasteiger partial charge in [-0.25, -0.2) is 4.09 Å². The van der Waals surface area contributed by atoms with E-state index in [0.717, 1.165) is 17.5 Å². The molecule has 2 aromatic rings. The molecular formula is C13H14ClN3O2S. The van der Waals surface area contributed by atoms with Gasteiger partial charge in [0.25, 0.3) is 5.91 Å². The van der Waals surface area contributed by atoms with Crippen LogP contribution in [0.4, 0.5) is 0 Å². The Labute approximate surface area is 127 Å². The number of rotatable bonds is 5. The van der Waals surface area contributed by atoms with Crippen LogP contribution in [0.5, 0.6) is 5.88 Å². The van der Waals surface area contributed by atoms with Gasteiger partial charge in [0, 0.05) is 35.2 Å². The minimum atomic E-state index is -0.347. The number of nitrogens with zero attached hydrogens (tertiary/aromatic N) is 2. The fourth-order valence-corrected chi connectivity index (χ4v) is 2.18. The third-order valence-electron chi connectivity index (χ3n) is 2.90. The lowest BCUT2D eigenvalue weighted by atomic mass is 9.99. The second-order valence-electron chi connectivity index (χ2n) is 4.08. The van der Waals surface area contributed by atoms with E-state index in [1.54, 1.807) is 18.3 Å². The molecule has 0 aliphatic heterocycles. The van der Waals surface area contributed by atoms with E-state index in [1.807, 2.05) is 19.1 Å². The number of hydrogen-bond donors (Lipinski definition) is 2. The van der Waals surface area contributed by atoms with Crippen molar-refractivity contribution in [1.82, 2.24) is 14.0 Å². The molecule has 1 aromatic heterocycles. The summed E-state index contributed by atoms with van der Waals surface area (Å²) in [6.07, 6.45) is 2.46. The van der Waals surface area contributed by atoms with Crippen molar-refractivity contribution >= 4 is 30.5 Å². The Balaban J connectivity index is 2.26. The van der Waals surface area contributed by atoms with Crippen LogP contribution in [0.15, 0.2) is 30.5 Å². The van der Waals surface area contributed by atoms with Gasteiger partial charge in [-0.2, -0.15) is 0 Å². The standard InChI is InChI=1S/C13H14ClN3O2S/c1-2-9-4-3-5-10(13(18)15-14)11(9)8-19-12-6-7-17(20)16-12/h3-7,20H,2,8H2,1H3,(H,15,18). The summed E-state index contributed by atoms with van der Waals surface area (Å²) >= 11 is 9.44. The number of thiol groups is 1. The summed E-state index contributed by atoms with van der Waals surface area (Å²) in [6, 6.07) is 7.20. The van der Waals surface area contributed by atoms with Crippen LogP contribution < -0.4 is 9.57 Å². The lowest BCUT2D eigenvalue weighted by Crippen LogP contribution is -2.17. The number of ether oxygens (including phenoxy) is 1. The summed E-state index contributed by atoms with van der Waals surface area (Å²) in [5, 5.41) is 4.01. The Hall–Kier alpha value is -1.66. The van der Waals surface area contributed by atoms with Crippen molar-refractivity contribution in [3.05, 3.63) is 47.2 Å². The molecule has 0 saturated carbocycles. The van der Waals surface area contributed by atoms with Crippen LogP contribution in [-0.2, 0) is 13.0 Å². The highest BCUT2D eigenvalue weighted by Gasteiger charge is 2.14. The maximum absolute atomic E-state index is 11.8. The summed E-state index contributed by atoms with van der Waals surface area (Å²) < 4.78 is 6.94. The maximum atomic E-state index is 11.8. The Kier molecular flexibility index (Phi) is 4.92. The molecule has 0 radical (unpaired) electrons. The third kappa shape index (κ3) is 3.26. The molecule has 0 fully saturated rings. The average molecular weight is 312 g/mol. The molecule has 1 N–H and O–H groups in total. The van der Waals surface area contributed by atoms with Crippen LogP contribution in [0.25, 0.3) is 0 Å². The van der Waals surface area contributed by atoms with Crippen LogP contribution in [0, 0.1) is 0 Å². The zero-order valence-electron chi connectivity index (χ0n) is 10.8. The minimum Gasteiger partial charge on any atom is -0.472 e. The van der Waals surface area contributed by atoms with Gasteiger partial charge in [0.05, 0.1) is 0 Å². The lowest BCUT2D eigenvalue weighted by molar-refractivity contribution is 0.0979. The highest BCUT2D eigenvalue weighted by atomic mass is 35.5. The SMILES string of the molecule is CCc1cccc(C(=O)NCl)c1COc1ccn(S)n1. The first kappa shape index (κ1) is 14.7. The predicted octanol–water partition coefficient (Wildman–Crippen LogP) is 2.60. The number of carbonyl (C=O) groups is 1. The first-order chi connectivity index (χ1) is 9.65. The summed E-state index contributed by atoms with van der Waals surface area (Å²) in [7, 11) is 0. The van der Waals surface area contributed by atoms with Crippen LogP contribution in [-0.4, -0.2) is 15.1 Å². The molecule has 0 spiro atoms. The normalized spacial score (nSPS) is 10.3. The van der Waals surface area contributed by atoms with Gasteiger partial charge in [-0.3, -0.25) is 9.63 Å². The molecule has 2 rings (SSSR count). The molecule has 1 heterocycles. The van der Waals surface area contributed by atoms with Crippen LogP contribution in [0.2, 0.25) is 0 Å². The van der Waals surface area contributed by atoms with Crippen molar-refractivity contribution in [2.24, 2.45) is 0 Å². The highest BCUT2D eigenvalue weighted by Crippen LogP contribution is 2.19. The molecular weight excluding hydrogens is 298 g/mol. The minimum absolute atomic E-state index is 0.244. The lowest BCUT2D eigenvalue weighted by Gasteiger charge is -2.12. The highest BCUT2D eigenvalue weighted by molar-refractivity contribution is 7.78. The molecule has 1 aromatic carbocycles. The number of carbonyl (C=O) groups excluding carboxylic acids is 1. The summed E-state index contributed by atoms with van der Waals surface area (Å²) in [6.45, 7) is 2.26. The third-order valence-corrected chi connectivity index (χ3v) is 3.29. The largest absolute Gasteiger partial charge is 0.472 e. The molecule has 0 bridgehead atoms. The first-order valence-corrected chi connectivity index (χ1v) is 6.83. The zero-order valence-corrected chi connectivity index (χ0v) is 12.5. The molecule has 1 amide bonds. The summed E-state index contributed by atoms with van der Waals surface area (Å²) in [5.74, 6) is 0.100. The van der Waals surface area contributed by atoms with E-state index in [-0.39, 0.29) is 12.5 Å². The Morgan fingerprint density at radius 1 is 1.50 bits per heavy atom. The van der Waals surface area contributed by atoms with Gasteiger partial charge < -0.3 is 4.74 Å². The topological polar surface area (TPSA) is 56.1 Å². The van der Waals surface area contributed by atoms with Gasteiger partial charge in [0.1, 0.15) is 6.61 Å². The second kappa shape index (κ2) is 6.67. The van der Waals surface area contributed by atoms with Gasteiger partial charge in [0.2, 0.25) is 5.88 Å². The maximum Gasteiger partial charge on any atom is 0.266 e. The molecule has 0 unspecified atom stereocenters. The van der Waals surface area contributed by atoms with Crippen LogP contribution in [0.1, 0.15) is 28.4 Å². The van der Waals surface area contributed by atoms with Crippen molar-refractivity contribution in [1.29, 1.82) is 0 Å². The fraction of sp³-hybridized carbons (Fsp3) is 0.231. The van der Waals surface area contributed by atoms with Crippen LogP contribution in [0.3, 0.4) is 0 Å². The molecule has 0 aliphatic carbocycles. The first-order valence-electron chi connectivity index (χ1n) is 6.05. The summed E-state index contributed by atoms with van der Waals surface area (Å²) in [4.78, 5) is 13.9. The molecule has 5 nitrogen and oxygen atoms in total. The molecule has 20 heavy (non-hydrogen) atoms. The van der Waals surface area contributed by atoms with Gasteiger partial charge in [-0.15, -0.1) is 5.10 Å². The Morgan fingerprint density at radius 3 is 2.90 bits per heavy atom. The van der Waals surface area contributed by atoms with Crippen LogP contribution >= 0.6 is 24.6 Å². The fourth-order valence-electron chi connectivity index (χ4n) is 1.92. The van der Waals surface area contributed by atoms with E-state index >= 15 is 0 Å². The number of amides is 1. The van der Waals surface area contributed by atoms with Gasteiger partial charge >= 0.3 is 0 Å². The quantitative estimate of drug-likeness (QED) is 0.659. The van der Waals surface area contributed by atoms with E-state index in [1.165, 1.54) is 4.09 Å². The van der Waals surface area contributed by atoms with E-state index in [2.05, 4.69) is 22.7 Å². The van der Waals surface area contributed by atoms with Gasteiger partial charge in [-0.05, 0) is 30.9 Å². The average Bonchev–Trinajstić information content (AvgIpc) is 2.89. The smallest absolute Gasteiger partial charge is 0.266 e. The van der Waals surface area contributed by atoms with E-state index in [4.69, 9.17) is 16.5 Å².